The summed E-state index contributed by atoms with van der Waals surface area (Å²) < 4.78 is 7.94. The molecule has 0 aliphatic rings. The summed E-state index contributed by atoms with van der Waals surface area (Å²) in [6.07, 6.45) is 5.34. The van der Waals surface area contributed by atoms with Gasteiger partial charge in [-0.05, 0) is 25.1 Å². The van der Waals surface area contributed by atoms with Crippen molar-refractivity contribution >= 4 is 21.7 Å². The van der Waals surface area contributed by atoms with Crippen molar-refractivity contribution in [1.82, 2.24) is 9.55 Å². The number of terminal acetylenes is 1. The van der Waals surface area contributed by atoms with Crippen molar-refractivity contribution in [2.75, 3.05) is 12.8 Å². The number of methoxy groups -OCH3 is 1. The Kier molecular flexibility index (Phi) is 3.82. The average Bonchev–Trinajstić information content (AvgIpc) is 2.68. The molecule has 1 aromatic heterocycles. The zero-order valence-corrected chi connectivity index (χ0v) is 12.4. The highest BCUT2D eigenvalue weighted by Gasteiger charge is 2.16. The summed E-state index contributed by atoms with van der Waals surface area (Å²) in [7, 11) is 1.62. The van der Waals surface area contributed by atoms with Crippen LogP contribution in [0.15, 0.2) is 22.7 Å². The summed E-state index contributed by atoms with van der Waals surface area (Å²) in [5, 5.41) is 0. The topological polar surface area (TPSA) is 53.1 Å². The van der Waals surface area contributed by atoms with E-state index < -0.39 is 0 Å². The summed E-state index contributed by atoms with van der Waals surface area (Å²) in [6, 6.07) is 5.67. The van der Waals surface area contributed by atoms with Crippen LogP contribution in [0.2, 0.25) is 0 Å². The van der Waals surface area contributed by atoms with Crippen molar-refractivity contribution in [2.45, 2.75) is 13.5 Å². The molecule has 0 atom stereocenters. The van der Waals surface area contributed by atoms with Crippen LogP contribution in [0.4, 0.5) is 5.82 Å². The molecule has 1 heterocycles. The Labute approximate surface area is 120 Å². The molecular weight excluding hydrogens is 306 g/mol. The van der Waals surface area contributed by atoms with E-state index in [-0.39, 0.29) is 0 Å². The molecule has 0 aliphatic heterocycles. The van der Waals surface area contributed by atoms with Crippen LogP contribution in [0.1, 0.15) is 5.82 Å². The first kappa shape index (κ1) is 13.5. The molecule has 0 amide bonds. The molecule has 0 aliphatic carbocycles. The fraction of sp³-hybridized carbons (Fsp3) is 0.214. The Balaban J connectivity index is 2.60. The molecule has 1 aromatic carbocycles. The van der Waals surface area contributed by atoms with Gasteiger partial charge in [0.2, 0.25) is 0 Å². The number of anilines is 1. The molecule has 0 spiro atoms. The maximum Gasteiger partial charge on any atom is 0.132 e. The van der Waals surface area contributed by atoms with Gasteiger partial charge in [0.25, 0.3) is 0 Å². The Morgan fingerprint density at radius 3 is 2.89 bits per heavy atom. The van der Waals surface area contributed by atoms with Crippen LogP contribution in [0.3, 0.4) is 0 Å². The van der Waals surface area contributed by atoms with Gasteiger partial charge in [-0.25, -0.2) is 4.98 Å². The van der Waals surface area contributed by atoms with Crippen molar-refractivity contribution in [3.63, 3.8) is 0 Å². The van der Waals surface area contributed by atoms with Gasteiger partial charge >= 0.3 is 0 Å². The van der Waals surface area contributed by atoms with Gasteiger partial charge in [-0.1, -0.05) is 21.9 Å². The second-order valence-electron chi connectivity index (χ2n) is 4.03. The lowest BCUT2D eigenvalue weighted by Crippen LogP contribution is -2.03. The minimum atomic E-state index is 0.409. The summed E-state index contributed by atoms with van der Waals surface area (Å²) in [5.74, 6) is 4.68. The van der Waals surface area contributed by atoms with E-state index in [4.69, 9.17) is 16.9 Å². The summed E-state index contributed by atoms with van der Waals surface area (Å²) in [6.45, 7) is 2.29. The van der Waals surface area contributed by atoms with Gasteiger partial charge in [-0.15, -0.1) is 6.42 Å². The molecular formula is C14H14BrN3O. The standard InChI is InChI=1S/C14H14BrN3O/c1-4-7-18-9(2)17-13(14(18)16)11-8-10(19-3)5-6-12(11)15/h1,5-6,8H,7,16H2,2-3H3. The van der Waals surface area contributed by atoms with Gasteiger partial charge in [-0.3, -0.25) is 0 Å². The predicted molar refractivity (Wildman–Crippen MR) is 79.9 cm³/mol. The quantitative estimate of drug-likeness (QED) is 0.885. The molecule has 2 rings (SSSR count). The molecule has 19 heavy (non-hydrogen) atoms. The molecule has 0 fully saturated rings. The van der Waals surface area contributed by atoms with Crippen LogP contribution in [0.5, 0.6) is 5.75 Å². The molecule has 0 bridgehead atoms. The highest BCUT2D eigenvalue weighted by atomic mass is 79.9. The van der Waals surface area contributed by atoms with Gasteiger partial charge in [0.05, 0.1) is 13.7 Å². The van der Waals surface area contributed by atoms with Crippen molar-refractivity contribution in [1.29, 1.82) is 0 Å². The number of halogens is 1. The van der Waals surface area contributed by atoms with Gasteiger partial charge < -0.3 is 15.0 Å². The van der Waals surface area contributed by atoms with E-state index in [9.17, 15) is 0 Å². The molecule has 2 N–H and O–H groups in total. The fourth-order valence-corrected chi connectivity index (χ4v) is 2.32. The zero-order valence-electron chi connectivity index (χ0n) is 10.8. The lowest BCUT2D eigenvalue weighted by atomic mass is 10.1. The summed E-state index contributed by atoms with van der Waals surface area (Å²) in [4.78, 5) is 4.49. The predicted octanol–water partition coefficient (Wildman–Crippen LogP) is 2.85. The number of imidazole rings is 1. The molecule has 5 heteroatoms. The molecule has 98 valence electrons. The van der Waals surface area contributed by atoms with E-state index >= 15 is 0 Å². The second kappa shape index (κ2) is 5.37. The first-order valence-electron chi connectivity index (χ1n) is 5.68. The molecule has 0 radical (unpaired) electrons. The van der Waals surface area contributed by atoms with E-state index in [1.807, 2.05) is 25.1 Å². The van der Waals surface area contributed by atoms with Crippen molar-refractivity contribution < 1.29 is 4.74 Å². The van der Waals surface area contributed by atoms with E-state index in [0.717, 1.165) is 21.6 Å². The summed E-state index contributed by atoms with van der Waals surface area (Å²) >= 11 is 3.50. The van der Waals surface area contributed by atoms with Crippen molar-refractivity contribution in [3.05, 3.63) is 28.5 Å². The Morgan fingerprint density at radius 1 is 1.53 bits per heavy atom. The van der Waals surface area contributed by atoms with Crippen LogP contribution in [0, 0.1) is 19.3 Å². The third kappa shape index (κ3) is 2.45. The number of nitrogens with zero attached hydrogens (tertiary/aromatic N) is 2. The Morgan fingerprint density at radius 2 is 2.26 bits per heavy atom. The third-order valence-corrected chi connectivity index (χ3v) is 3.57. The number of nitrogen functional groups attached to an aromatic ring is 1. The lowest BCUT2D eigenvalue weighted by Gasteiger charge is -2.07. The first-order valence-corrected chi connectivity index (χ1v) is 6.47. The van der Waals surface area contributed by atoms with E-state index in [1.54, 1.807) is 11.7 Å². The number of nitrogens with two attached hydrogens (primary N) is 1. The maximum absolute atomic E-state index is 6.13. The summed E-state index contributed by atoms with van der Waals surface area (Å²) in [5.41, 5.74) is 7.72. The lowest BCUT2D eigenvalue weighted by molar-refractivity contribution is 0.415. The van der Waals surface area contributed by atoms with E-state index in [0.29, 0.717) is 18.1 Å². The first-order chi connectivity index (χ1) is 9.08. The van der Waals surface area contributed by atoms with Crippen molar-refractivity contribution in [2.24, 2.45) is 0 Å². The van der Waals surface area contributed by atoms with Crippen LogP contribution in [-0.2, 0) is 6.54 Å². The SMILES string of the molecule is C#CCn1c(C)nc(-c2cc(OC)ccc2Br)c1N. The molecule has 2 aromatic rings. The van der Waals surface area contributed by atoms with E-state index in [2.05, 4.69) is 26.8 Å². The number of hydrogen-bond acceptors (Lipinski definition) is 3. The number of ether oxygens (including phenoxy) is 1. The van der Waals surface area contributed by atoms with Gasteiger partial charge in [0, 0.05) is 10.0 Å². The number of rotatable bonds is 3. The van der Waals surface area contributed by atoms with Crippen LogP contribution < -0.4 is 10.5 Å². The monoisotopic (exact) mass is 319 g/mol. The number of aryl methyl sites for hydroxylation is 1. The van der Waals surface area contributed by atoms with Gasteiger partial charge in [0.15, 0.2) is 0 Å². The minimum Gasteiger partial charge on any atom is -0.497 e. The number of benzene rings is 1. The van der Waals surface area contributed by atoms with E-state index in [1.165, 1.54) is 0 Å². The zero-order chi connectivity index (χ0) is 14.0. The maximum atomic E-state index is 6.13. The normalized spacial score (nSPS) is 10.2. The molecule has 4 nitrogen and oxygen atoms in total. The largest absolute Gasteiger partial charge is 0.497 e. The third-order valence-electron chi connectivity index (χ3n) is 2.88. The number of aromatic nitrogens is 2. The van der Waals surface area contributed by atoms with Crippen LogP contribution in [0.25, 0.3) is 11.3 Å². The van der Waals surface area contributed by atoms with Gasteiger partial charge in [0.1, 0.15) is 23.1 Å². The van der Waals surface area contributed by atoms with Crippen molar-refractivity contribution in [3.8, 4) is 29.4 Å². The average molecular weight is 320 g/mol. The molecule has 0 unspecified atom stereocenters. The molecule has 0 saturated carbocycles. The Bertz CT molecular complexity index is 655. The van der Waals surface area contributed by atoms with Crippen LogP contribution in [-0.4, -0.2) is 16.7 Å². The minimum absolute atomic E-state index is 0.409. The smallest absolute Gasteiger partial charge is 0.132 e. The fourth-order valence-electron chi connectivity index (χ4n) is 1.88. The highest BCUT2D eigenvalue weighted by molar-refractivity contribution is 9.10. The number of hydrogen-bond donors (Lipinski definition) is 1. The Hall–Kier alpha value is -1.93. The van der Waals surface area contributed by atoms with Crippen LogP contribution >= 0.6 is 15.9 Å². The van der Waals surface area contributed by atoms with Gasteiger partial charge in [-0.2, -0.15) is 0 Å². The second-order valence-corrected chi connectivity index (χ2v) is 4.88. The molecule has 0 saturated heterocycles. The highest BCUT2D eigenvalue weighted by Crippen LogP contribution is 2.34.